The number of nitrogens with one attached hydrogen (secondary N) is 1. The molecule has 0 spiro atoms. The Bertz CT molecular complexity index is 759. The summed E-state index contributed by atoms with van der Waals surface area (Å²) in [6.07, 6.45) is 1.53. The number of anilines is 1. The minimum Gasteiger partial charge on any atom is -0.396 e. The molecule has 114 valence electrons. The van der Waals surface area contributed by atoms with E-state index in [9.17, 15) is 17.2 Å². The Kier molecular flexibility index (Phi) is 4.00. The molecule has 9 heteroatoms. The molecule has 0 radical (unpaired) electrons. The van der Waals surface area contributed by atoms with Crippen LogP contribution in [0.25, 0.3) is 0 Å². The van der Waals surface area contributed by atoms with Crippen LogP contribution in [-0.4, -0.2) is 13.4 Å². The molecule has 1 aromatic carbocycles. The van der Waals surface area contributed by atoms with Crippen molar-refractivity contribution < 1.29 is 17.2 Å². The summed E-state index contributed by atoms with van der Waals surface area (Å²) in [7, 11) is -4.22. The molecule has 0 aliphatic heterocycles. The number of sulfonamides is 1. The van der Waals surface area contributed by atoms with Crippen molar-refractivity contribution in [2.45, 2.75) is 24.3 Å². The third-order valence-corrected chi connectivity index (χ3v) is 5.46. The van der Waals surface area contributed by atoms with E-state index >= 15 is 0 Å². The largest absolute Gasteiger partial charge is 0.396 e. The lowest BCUT2D eigenvalue weighted by molar-refractivity contribution is 0.465. The number of nitrogen functional groups attached to an aromatic ring is 1. The molecule has 0 aliphatic carbocycles. The molecule has 0 atom stereocenters. The minimum absolute atomic E-state index is 0.441. The molecule has 3 N–H and O–H groups in total. The molecule has 0 aliphatic rings. The molecule has 0 fully saturated rings. The highest BCUT2D eigenvalue weighted by Gasteiger charge is 2.32. The molecule has 21 heavy (non-hydrogen) atoms. The first-order valence-corrected chi connectivity index (χ1v) is 8.18. The van der Waals surface area contributed by atoms with Gasteiger partial charge in [-0.05, 0) is 19.9 Å². The lowest BCUT2D eigenvalue weighted by Gasteiger charge is -2.23. The quantitative estimate of drug-likeness (QED) is 0.840. The molecular formula is C12H13F2N3O2S2. The van der Waals surface area contributed by atoms with E-state index in [-0.39, 0.29) is 0 Å². The van der Waals surface area contributed by atoms with Crippen molar-refractivity contribution in [3.05, 3.63) is 40.4 Å². The SMILES string of the molecule is CC(C)(NS(=O)(=O)c1cc(N)c(F)cc1F)c1nccs1. The highest BCUT2D eigenvalue weighted by Crippen LogP contribution is 2.27. The van der Waals surface area contributed by atoms with E-state index in [0.29, 0.717) is 11.1 Å². The van der Waals surface area contributed by atoms with Gasteiger partial charge < -0.3 is 5.73 Å². The Balaban J connectivity index is 2.42. The van der Waals surface area contributed by atoms with Gasteiger partial charge in [-0.15, -0.1) is 11.3 Å². The summed E-state index contributed by atoms with van der Waals surface area (Å²) in [6, 6.07) is 1.20. The van der Waals surface area contributed by atoms with Crippen molar-refractivity contribution in [2.24, 2.45) is 0 Å². The fourth-order valence-electron chi connectivity index (χ4n) is 1.72. The van der Waals surface area contributed by atoms with Crippen molar-refractivity contribution in [1.29, 1.82) is 0 Å². The van der Waals surface area contributed by atoms with Gasteiger partial charge in [-0.3, -0.25) is 0 Å². The van der Waals surface area contributed by atoms with Crippen molar-refractivity contribution >= 4 is 27.0 Å². The van der Waals surface area contributed by atoms with Crippen LogP contribution in [0.15, 0.2) is 28.6 Å². The van der Waals surface area contributed by atoms with Crippen LogP contribution in [0.3, 0.4) is 0 Å². The van der Waals surface area contributed by atoms with Crippen LogP contribution >= 0.6 is 11.3 Å². The summed E-state index contributed by atoms with van der Waals surface area (Å²) in [5, 5.41) is 2.21. The molecule has 0 unspecified atom stereocenters. The van der Waals surface area contributed by atoms with E-state index in [1.54, 1.807) is 19.2 Å². The van der Waals surface area contributed by atoms with E-state index in [0.717, 1.165) is 6.07 Å². The molecule has 0 bridgehead atoms. The monoisotopic (exact) mass is 333 g/mol. The van der Waals surface area contributed by atoms with Gasteiger partial charge in [-0.2, -0.15) is 4.72 Å². The van der Waals surface area contributed by atoms with Gasteiger partial charge in [0.25, 0.3) is 0 Å². The Labute approximate surface area is 124 Å². The van der Waals surface area contributed by atoms with Gasteiger partial charge in [0.2, 0.25) is 10.0 Å². The minimum atomic E-state index is -4.22. The topological polar surface area (TPSA) is 85.1 Å². The maximum atomic E-state index is 13.7. The maximum absolute atomic E-state index is 13.7. The molecule has 1 heterocycles. The maximum Gasteiger partial charge on any atom is 0.244 e. The average Bonchev–Trinajstić information content (AvgIpc) is 2.86. The fourth-order valence-corrected chi connectivity index (χ4v) is 3.98. The first-order chi connectivity index (χ1) is 9.63. The summed E-state index contributed by atoms with van der Waals surface area (Å²) in [6.45, 7) is 3.18. The first kappa shape index (κ1) is 15.8. The third-order valence-electron chi connectivity index (χ3n) is 2.70. The number of nitrogens with zero attached hydrogens (tertiary/aromatic N) is 1. The van der Waals surface area contributed by atoms with Crippen LogP contribution in [0, 0.1) is 11.6 Å². The molecule has 0 saturated carbocycles. The van der Waals surface area contributed by atoms with Gasteiger partial charge in [0.05, 0.1) is 11.2 Å². The first-order valence-electron chi connectivity index (χ1n) is 5.82. The number of benzene rings is 1. The zero-order chi connectivity index (χ0) is 15.8. The summed E-state index contributed by atoms with van der Waals surface area (Å²) in [5.41, 5.74) is 3.82. The number of thiazole rings is 1. The summed E-state index contributed by atoms with van der Waals surface area (Å²) >= 11 is 1.26. The molecule has 2 aromatic rings. The van der Waals surface area contributed by atoms with Crippen molar-refractivity contribution in [3.8, 4) is 0 Å². The van der Waals surface area contributed by atoms with Crippen LogP contribution in [0.5, 0.6) is 0 Å². The van der Waals surface area contributed by atoms with Crippen molar-refractivity contribution in [3.63, 3.8) is 0 Å². The van der Waals surface area contributed by atoms with Crippen LogP contribution < -0.4 is 10.5 Å². The second kappa shape index (κ2) is 5.32. The van der Waals surface area contributed by atoms with Gasteiger partial charge in [0.1, 0.15) is 21.5 Å². The van der Waals surface area contributed by atoms with E-state index in [1.807, 2.05) is 0 Å². The summed E-state index contributed by atoms with van der Waals surface area (Å²) < 4.78 is 53.7. The lowest BCUT2D eigenvalue weighted by atomic mass is 10.1. The highest BCUT2D eigenvalue weighted by molar-refractivity contribution is 7.89. The molecule has 2 rings (SSSR count). The second-order valence-corrected chi connectivity index (χ2v) is 7.42. The molecular weight excluding hydrogens is 320 g/mol. The predicted octanol–water partition coefficient (Wildman–Crippen LogP) is 2.22. The zero-order valence-corrected chi connectivity index (χ0v) is 12.9. The normalized spacial score (nSPS) is 12.6. The van der Waals surface area contributed by atoms with E-state index in [1.165, 1.54) is 17.5 Å². The average molecular weight is 333 g/mol. The van der Waals surface area contributed by atoms with Gasteiger partial charge in [-0.1, -0.05) is 0 Å². The third kappa shape index (κ3) is 3.20. The smallest absolute Gasteiger partial charge is 0.244 e. The molecule has 0 amide bonds. The highest BCUT2D eigenvalue weighted by atomic mass is 32.2. The number of rotatable bonds is 4. The lowest BCUT2D eigenvalue weighted by Crippen LogP contribution is -2.41. The Morgan fingerprint density at radius 3 is 2.52 bits per heavy atom. The Morgan fingerprint density at radius 1 is 1.29 bits per heavy atom. The fraction of sp³-hybridized carbons (Fsp3) is 0.250. The number of hydrogen-bond donors (Lipinski definition) is 2. The van der Waals surface area contributed by atoms with Crippen LogP contribution in [0.2, 0.25) is 0 Å². The van der Waals surface area contributed by atoms with Crippen molar-refractivity contribution in [1.82, 2.24) is 9.71 Å². The predicted molar refractivity (Wildman–Crippen MR) is 76.2 cm³/mol. The number of halogens is 2. The number of hydrogen-bond acceptors (Lipinski definition) is 5. The van der Waals surface area contributed by atoms with Gasteiger partial charge in [-0.25, -0.2) is 22.2 Å². The van der Waals surface area contributed by atoms with Gasteiger partial charge in [0.15, 0.2) is 0 Å². The van der Waals surface area contributed by atoms with E-state index in [2.05, 4.69) is 9.71 Å². The van der Waals surface area contributed by atoms with Crippen LogP contribution in [-0.2, 0) is 15.6 Å². The van der Waals surface area contributed by atoms with E-state index < -0.39 is 37.8 Å². The number of aromatic nitrogens is 1. The number of nitrogens with two attached hydrogens (primary N) is 1. The summed E-state index contributed by atoms with van der Waals surface area (Å²) in [5.74, 6) is -2.21. The Morgan fingerprint density at radius 2 is 1.95 bits per heavy atom. The standard InChI is InChI=1S/C12H13F2N3O2S2/c1-12(2,11-16-3-4-20-11)17-21(18,19)10-6-9(15)7(13)5-8(10)14/h3-6,17H,15H2,1-2H3. The zero-order valence-electron chi connectivity index (χ0n) is 11.2. The van der Waals surface area contributed by atoms with Gasteiger partial charge >= 0.3 is 0 Å². The molecule has 1 aromatic heterocycles. The Hall–Kier alpha value is -1.58. The van der Waals surface area contributed by atoms with Crippen molar-refractivity contribution in [2.75, 3.05) is 5.73 Å². The summed E-state index contributed by atoms with van der Waals surface area (Å²) in [4.78, 5) is 3.33. The molecule has 0 saturated heterocycles. The van der Waals surface area contributed by atoms with Gasteiger partial charge in [0, 0.05) is 17.6 Å². The molecule has 5 nitrogen and oxygen atoms in total. The van der Waals surface area contributed by atoms with E-state index in [4.69, 9.17) is 5.73 Å². The van der Waals surface area contributed by atoms with Crippen LogP contribution in [0.1, 0.15) is 18.9 Å². The van der Waals surface area contributed by atoms with Crippen LogP contribution in [0.4, 0.5) is 14.5 Å². The second-order valence-electron chi connectivity index (χ2n) is 4.87.